The molecule has 2 N–H and O–H groups in total. The highest BCUT2D eigenvalue weighted by atomic mass is 19.1. The van der Waals surface area contributed by atoms with Crippen molar-refractivity contribution in [1.82, 2.24) is 20.1 Å². The van der Waals surface area contributed by atoms with E-state index in [4.69, 9.17) is 4.74 Å². The summed E-state index contributed by atoms with van der Waals surface area (Å²) in [6, 6.07) is 10.4. The number of aliphatic hydroxyl groups is 1. The molecule has 2 aliphatic rings. The fourth-order valence-corrected chi connectivity index (χ4v) is 4.49. The number of nitrogens with one attached hydrogen (secondary N) is 1. The summed E-state index contributed by atoms with van der Waals surface area (Å²) in [4.78, 5) is 19.2. The molecule has 9 heteroatoms. The molecule has 8 nitrogen and oxygen atoms in total. The Hall–Kier alpha value is -3.46. The maximum atomic E-state index is 14.7. The second-order valence-electron chi connectivity index (χ2n) is 8.52. The summed E-state index contributed by atoms with van der Waals surface area (Å²) >= 11 is 0. The normalized spacial score (nSPS) is 22.4. The molecule has 1 saturated carbocycles. The van der Waals surface area contributed by atoms with Crippen molar-refractivity contribution in [3.63, 3.8) is 0 Å². The van der Waals surface area contributed by atoms with E-state index < -0.39 is 18.0 Å². The van der Waals surface area contributed by atoms with Crippen molar-refractivity contribution in [3.05, 3.63) is 66.4 Å². The van der Waals surface area contributed by atoms with Gasteiger partial charge >= 0.3 is 0 Å². The standard InChI is InChI=1S/C24H26FN5O3/c25-17-12-16(13-26-23(17)30-11-5-10-27-30)14-29-15-22(33-21-9-4-2-7-19(21)29)24(32)28-18-6-1-3-8-20(18)31/h2,4-5,7,9-13,18,20,22,31H,1,3,6,8,14-15H2,(H,28,32). The fraction of sp³-hybridized carbons (Fsp3) is 0.375. The first kappa shape index (κ1) is 21.4. The van der Waals surface area contributed by atoms with Gasteiger partial charge in [-0.1, -0.05) is 25.0 Å². The Morgan fingerprint density at radius 3 is 2.88 bits per heavy atom. The zero-order chi connectivity index (χ0) is 22.8. The highest BCUT2D eigenvalue weighted by molar-refractivity contribution is 5.83. The van der Waals surface area contributed by atoms with Crippen molar-refractivity contribution in [1.29, 1.82) is 0 Å². The van der Waals surface area contributed by atoms with Crippen LogP contribution in [0.2, 0.25) is 0 Å². The Morgan fingerprint density at radius 2 is 2.09 bits per heavy atom. The molecule has 0 radical (unpaired) electrons. The van der Waals surface area contributed by atoms with Gasteiger partial charge in [-0.05, 0) is 42.7 Å². The number of fused-ring (bicyclic) bond motifs is 1. The van der Waals surface area contributed by atoms with Gasteiger partial charge in [-0.2, -0.15) is 5.10 Å². The molecule has 3 atom stereocenters. The minimum Gasteiger partial charge on any atom is -0.477 e. The zero-order valence-electron chi connectivity index (χ0n) is 18.1. The number of carbonyl (C=O) groups excluding carboxylic acids is 1. The molecule has 1 fully saturated rings. The smallest absolute Gasteiger partial charge is 0.263 e. The molecule has 0 bridgehead atoms. The maximum Gasteiger partial charge on any atom is 0.263 e. The number of carbonyl (C=O) groups is 1. The summed E-state index contributed by atoms with van der Waals surface area (Å²) in [5, 5.41) is 17.2. The molecule has 1 amide bonds. The second kappa shape index (κ2) is 9.19. The number of hydrogen-bond acceptors (Lipinski definition) is 6. The predicted octanol–water partition coefficient (Wildman–Crippen LogP) is 2.59. The number of benzene rings is 1. The largest absolute Gasteiger partial charge is 0.477 e. The van der Waals surface area contributed by atoms with Crippen LogP contribution >= 0.6 is 0 Å². The molecule has 0 spiro atoms. The number of pyridine rings is 1. The first-order chi connectivity index (χ1) is 16.1. The molecule has 2 aromatic heterocycles. The third kappa shape index (κ3) is 4.54. The molecule has 5 rings (SSSR count). The number of hydrogen-bond donors (Lipinski definition) is 2. The number of rotatable bonds is 5. The lowest BCUT2D eigenvalue weighted by Gasteiger charge is -2.37. The highest BCUT2D eigenvalue weighted by Crippen LogP contribution is 2.34. The molecule has 172 valence electrons. The van der Waals surface area contributed by atoms with Crippen LogP contribution in [0.5, 0.6) is 5.75 Å². The quantitative estimate of drug-likeness (QED) is 0.620. The van der Waals surface area contributed by atoms with Crippen LogP contribution in [0.1, 0.15) is 31.2 Å². The average molecular weight is 452 g/mol. The SMILES string of the molecule is O=C(NC1CCCCC1O)C1CN(Cc2cnc(-n3cccn3)c(F)c2)c2ccccc2O1. The zero-order valence-corrected chi connectivity index (χ0v) is 18.1. The van der Waals surface area contributed by atoms with Crippen LogP contribution < -0.4 is 15.0 Å². The molecule has 3 unspecified atom stereocenters. The van der Waals surface area contributed by atoms with Gasteiger partial charge < -0.3 is 20.1 Å². The van der Waals surface area contributed by atoms with E-state index in [1.165, 1.54) is 10.7 Å². The fourth-order valence-electron chi connectivity index (χ4n) is 4.49. The molecular formula is C24H26FN5O3. The number of amides is 1. The van der Waals surface area contributed by atoms with Crippen LogP contribution in [0, 0.1) is 5.82 Å². The van der Waals surface area contributed by atoms with Crippen molar-refractivity contribution in [2.45, 2.75) is 50.5 Å². The molecule has 3 aromatic rings. The van der Waals surface area contributed by atoms with E-state index in [0.29, 0.717) is 30.8 Å². The van der Waals surface area contributed by atoms with Crippen molar-refractivity contribution in [2.24, 2.45) is 0 Å². The monoisotopic (exact) mass is 451 g/mol. The van der Waals surface area contributed by atoms with E-state index in [0.717, 1.165) is 24.9 Å². The lowest BCUT2D eigenvalue weighted by Crippen LogP contribution is -2.54. The van der Waals surface area contributed by atoms with Gasteiger partial charge in [0.05, 0.1) is 24.4 Å². The third-order valence-corrected chi connectivity index (χ3v) is 6.18. The Labute approximate surface area is 191 Å². The van der Waals surface area contributed by atoms with Gasteiger partial charge in [-0.3, -0.25) is 4.79 Å². The van der Waals surface area contributed by atoms with E-state index in [9.17, 15) is 14.3 Å². The molecule has 33 heavy (non-hydrogen) atoms. The van der Waals surface area contributed by atoms with Crippen LogP contribution in [-0.4, -0.2) is 50.6 Å². The van der Waals surface area contributed by atoms with E-state index >= 15 is 0 Å². The topological polar surface area (TPSA) is 92.5 Å². The van der Waals surface area contributed by atoms with E-state index in [2.05, 4.69) is 15.4 Å². The van der Waals surface area contributed by atoms with E-state index in [1.807, 2.05) is 29.2 Å². The number of aliphatic hydroxyl groups excluding tert-OH is 1. The van der Waals surface area contributed by atoms with Crippen LogP contribution in [0.4, 0.5) is 10.1 Å². The van der Waals surface area contributed by atoms with Gasteiger partial charge in [0.1, 0.15) is 5.75 Å². The van der Waals surface area contributed by atoms with Crippen molar-refractivity contribution in [2.75, 3.05) is 11.4 Å². The molecule has 1 aromatic carbocycles. The van der Waals surface area contributed by atoms with Crippen LogP contribution in [0.3, 0.4) is 0 Å². The Balaban J connectivity index is 1.34. The summed E-state index contributed by atoms with van der Waals surface area (Å²) in [6.45, 7) is 0.660. The summed E-state index contributed by atoms with van der Waals surface area (Å²) in [6.07, 6.45) is 6.95. The molecule has 0 saturated heterocycles. The van der Waals surface area contributed by atoms with Crippen LogP contribution in [0.25, 0.3) is 5.82 Å². The number of aromatic nitrogens is 3. The first-order valence-electron chi connectivity index (χ1n) is 11.2. The molecule has 1 aliphatic carbocycles. The van der Waals surface area contributed by atoms with Crippen LogP contribution in [-0.2, 0) is 11.3 Å². The molecular weight excluding hydrogens is 425 g/mol. The number of anilines is 1. The number of ether oxygens (including phenoxy) is 1. The van der Waals surface area contributed by atoms with Gasteiger partial charge in [0.25, 0.3) is 5.91 Å². The number of para-hydroxylation sites is 2. The number of nitrogens with zero attached hydrogens (tertiary/aromatic N) is 4. The van der Waals surface area contributed by atoms with Gasteiger partial charge in [0, 0.05) is 25.1 Å². The molecule has 3 heterocycles. The van der Waals surface area contributed by atoms with Crippen molar-refractivity contribution in [3.8, 4) is 11.6 Å². The van der Waals surface area contributed by atoms with E-state index in [-0.39, 0.29) is 17.8 Å². The minimum absolute atomic E-state index is 0.134. The lowest BCUT2D eigenvalue weighted by atomic mass is 9.92. The average Bonchev–Trinajstić information content (AvgIpc) is 3.35. The van der Waals surface area contributed by atoms with Gasteiger partial charge in [0.15, 0.2) is 17.7 Å². The van der Waals surface area contributed by atoms with Crippen LogP contribution in [0.15, 0.2) is 55.0 Å². The Bertz CT molecular complexity index is 1120. The third-order valence-electron chi connectivity index (χ3n) is 6.18. The Kier molecular flexibility index (Phi) is 5.95. The summed E-state index contributed by atoms with van der Waals surface area (Å²) in [7, 11) is 0. The van der Waals surface area contributed by atoms with Gasteiger partial charge in [-0.15, -0.1) is 0 Å². The Morgan fingerprint density at radius 1 is 1.24 bits per heavy atom. The molecule has 1 aliphatic heterocycles. The summed E-state index contributed by atoms with van der Waals surface area (Å²) in [5.41, 5.74) is 1.50. The number of halogens is 1. The lowest BCUT2D eigenvalue weighted by molar-refractivity contribution is -0.129. The van der Waals surface area contributed by atoms with Gasteiger partial charge in [0.2, 0.25) is 0 Å². The van der Waals surface area contributed by atoms with E-state index in [1.54, 1.807) is 24.7 Å². The maximum absolute atomic E-state index is 14.7. The second-order valence-corrected chi connectivity index (χ2v) is 8.52. The summed E-state index contributed by atoms with van der Waals surface area (Å²) in [5.74, 6) is 0.00113. The van der Waals surface area contributed by atoms with Crippen molar-refractivity contribution < 1.29 is 19.0 Å². The highest BCUT2D eigenvalue weighted by Gasteiger charge is 2.33. The minimum atomic E-state index is -0.741. The predicted molar refractivity (Wildman–Crippen MR) is 120 cm³/mol. The summed E-state index contributed by atoms with van der Waals surface area (Å²) < 4.78 is 22.1. The first-order valence-corrected chi connectivity index (χ1v) is 11.2. The van der Waals surface area contributed by atoms with Crippen molar-refractivity contribution >= 4 is 11.6 Å². The van der Waals surface area contributed by atoms with Gasteiger partial charge in [-0.25, -0.2) is 14.1 Å².